The molecule has 1 N–H and O–H groups in total. The van der Waals surface area contributed by atoms with Crippen LogP contribution in [0.15, 0.2) is 21.7 Å². The van der Waals surface area contributed by atoms with E-state index < -0.39 is 11.2 Å². The maximum Gasteiger partial charge on any atom is 0.332 e. The van der Waals surface area contributed by atoms with Crippen molar-refractivity contribution >= 4 is 16.9 Å². The van der Waals surface area contributed by atoms with Gasteiger partial charge in [-0.15, -0.1) is 0 Å². The zero-order valence-electron chi connectivity index (χ0n) is 14.2. The standard InChI is InChI=1S/C17H22N4O3/c1-10-6-4-5-7-12(10)19-15(22)13-9-8-11-14(18-13)20(2)17(24)21(3)16(11)23/h8-10,12H,4-7H2,1-3H3,(H,19,22). The smallest absolute Gasteiger partial charge is 0.332 e. The highest BCUT2D eigenvalue weighted by Gasteiger charge is 2.24. The molecule has 0 saturated heterocycles. The van der Waals surface area contributed by atoms with Crippen molar-refractivity contribution in [1.29, 1.82) is 0 Å². The lowest BCUT2D eigenvalue weighted by Gasteiger charge is -2.29. The van der Waals surface area contributed by atoms with E-state index in [0.29, 0.717) is 11.3 Å². The fourth-order valence-corrected chi connectivity index (χ4v) is 3.35. The average molecular weight is 330 g/mol. The number of aromatic nitrogens is 3. The quantitative estimate of drug-likeness (QED) is 0.888. The molecule has 2 aromatic heterocycles. The number of carbonyl (C=O) groups is 1. The molecule has 128 valence electrons. The van der Waals surface area contributed by atoms with Gasteiger partial charge in [0.25, 0.3) is 11.5 Å². The lowest BCUT2D eigenvalue weighted by molar-refractivity contribution is 0.0905. The average Bonchev–Trinajstić information content (AvgIpc) is 2.59. The summed E-state index contributed by atoms with van der Waals surface area (Å²) in [7, 11) is 2.97. The Morgan fingerprint density at radius 3 is 2.58 bits per heavy atom. The van der Waals surface area contributed by atoms with E-state index in [4.69, 9.17) is 0 Å². The molecule has 1 saturated carbocycles. The summed E-state index contributed by atoms with van der Waals surface area (Å²) >= 11 is 0. The van der Waals surface area contributed by atoms with Gasteiger partial charge in [-0.2, -0.15) is 0 Å². The van der Waals surface area contributed by atoms with Gasteiger partial charge in [0.05, 0.1) is 5.39 Å². The Labute approximate surface area is 139 Å². The molecule has 7 nitrogen and oxygen atoms in total. The van der Waals surface area contributed by atoms with Crippen LogP contribution in [0.3, 0.4) is 0 Å². The van der Waals surface area contributed by atoms with Crippen LogP contribution >= 0.6 is 0 Å². The third-order valence-corrected chi connectivity index (χ3v) is 4.96. The third-order valence-electron chi connectivity index (χ3n) is 4.96. The van der Waals surface area contributed by atoms with Gasteiger partial charge in [0.15, 0.2) is 0 Å². The second-order valence-electron chi connectivity index (χ2n) is 6.62. The number of nitrogens with zero attached hydrogens (tertiary/aromatic N) is 3. The van der Waals surface area contributed by atoms with Gasteiger partial charge in [0.1, 0.15) is 11.3 Å². The van der Waals surface area contributed by atoms with Crippen LogP contribution in [0.1, 0.15) is 43.1 Å². The predicted molar refractivity (Wildman–Crippen MR) is 91.1 cm³/mol. The number of nitrogens with one attached hydrogen (secondary N) is 1. The topological polar surface area (TPSA) is 86.0 Å². The molecule has 0 aromatic carbocycles. The Balaban J connectivity index is 1.97. The number of pyridine rings is 1. The molecule has 3 rings (SSSR count). The van der Waals surface area contributed by atoms with Crippen molar-refractivity contribution in [3.05, 3.63) is 38.7 Å². The van der Waals surface area contributed by atoms with Crippen molar-refractivity contribution in [2.45, 2.75) is 38.6 Å². The SMILES string of the molecule is CC1CCCCC1NC(=O)c1ccc2c(=O)n(C)c(=O)n(C)c2n1. The number of carbonyl (C=O) groups excluding carboxylic acids is 1. The van der Waals surface area contributed by atoms with Crippen molar-refractivity contribution < 1.29 is 4.79 Å². The number of amides is 1. The molecule has 0 bridgehead atoms. The van der Waals surface area contributed by atoms with Crippen molar-refractivity contribution in [3.63, 3.8) is 0 Å². The largest absolute Gasteiger partial charge is 0.348 e. The second-order valence-corrected chi connectivity index (χ2v) is 6.62. The van der Waals surface area contributed by atoms with E-state index >= 15 is 0 Å². The molecule has 1 fully saturated rings. The summed E-state index contributed by atoms with van der Waals surface area (Å²) in [6, 6.07) is 3.25. The summed E-state index contributed by atoms with van der Waals surface area (Å²) in [5, 5.41) is 3.36. The molecule has 0 aliphatic heterocycles. The van der Waals surface area contributed by atoms with Gasteiger partial charge >= 0.3 is 5.69 Å². The number of fused-ring (bicyclic) bond motifs is 1. The summed E-state index contributed by atoms with van der Waals surface area (Å²) in [5.74, 6) is 0.184. The molecule has 0 radical (unpaired) electrons. The fourth-order valence-electron chi connectivity index (χ4n) is 3.35. The monoisotopic (exact) mass is 330 g/mol. The molecule has 2 unspecified atom stereocenters. The van der Waals surface area contributed by atoms with Crippen LogP contribution in [0.25, 0.3) is 11.0 Å². The first-order chi connectivity index (χ1) is 11.4. The van der Waals surface area contributed by atoms with Gasteiger partial charge in [-0.3, -0.25) is 18.7 Å². The molecule has 7 heteroatoms. The van der Waals surface area contributed by atoms with Crippen LogP contribution in [0.5, 0.6) is 0 Å². The van der Waals surface area contributed by atoms with Gasteiger partial charge in [0, 0.05) is 20.1 Å². The van der Waals surface area contributed by atoms with Gasteiger partial charge in [-0.1, -0.05) is 19.8 Å². The Morgan fingerprint density at radius 1 is 1.17 bits per heavy atom. The van der Waals surface area contributed by atoms with Crippen LogP contribution in [-0.2, 0) is 14.1 Å². The van der Waals surface area contributed by atoms with Gasteiger partial charge < -0.3 is 5.32 Å². The minimum absolute atomic E-state index is 0.149. The second kappa shape index (κ2) is 6.22. The minimum Gasteiger partial charge on any atom is -0.348 e. The first-order valence-corrected chi connectivity index (χ1v) is 8.27. The molecule has 2 aromatic rings. The third kappa shape index (κ3) is 2.74. The predicted octanol–water partition coefficient (Wildman–Crippen LogP) is 0.941. The zero-order valence-corrected chi connectivity index (χ0v) is 14.2. The number of hydrogen-bond donors (Lipinski definition) is 1. The minimum atomic E-state index is -0.460. The zero-order chi connectivity index (χ0) is 17.4. The number of hydrogen-bond acceptors (Lipinski definition) is 4. The molecule has 24 heavy (non-hydrogen) atoms. The van der Waals surface area contributed by atoms with Crippen molar-refractivity contribution in [2.24, 2.45) is 20.0 Å². The molecule has 1 amide bonds. The molecule has 1 aliphatic carbocycles. The first kappa shape index (κ1) is 16.4. The Kier molecular flexibility index (Phi) is 4.26. The van der Waals surface area contributed by atoms with E-state index in [2.05, 4.69) is 17.2 Å². The van der Waals surface area contributed by atoms with E-state index in [0.717, 1.165) is 23.8 Å². The van der Waals surface area contributed by atoms with Crippen LogP contribution in [0, 0.1) is 5.92 Å². The summed E-state index contributed by atoms with van der Waals surface area (Å²) in [6.45, 7) is 2.14. The van der Waals surface area contributed by atoms with E-state index in [1.807, 2.05) is 0 Å². The molecular formula is C17H22N4O3. The Morgan fingerprint density at radius 2 is 1.88 bits per heavy atom. The van der Waals surface area contributed by atoms with E-state index in [-0.39, 0.29) is 23.3 Å². The maximum atomic E-state index is 12.5. The van der Waals surface area contributed by atoms with Crippen molar-refractivity contribution in [3.8, 4) is 0 Å². The van der Waals surface area contributed by atoms with Crippen LogP contribution < -0.4 is 16.6 Å². The lowest BCUT2D eigenvalue weighted by atomic mass is 9.86. The molecule has 2 heterocycles. The Bertz CT molecular complexity index is 912. The fraction of sp³-hybridized carbons (Fsp3) is 0.529. The maximum absolute atomic E-state index is 12.5. The van der Waals surface area contributed by atoms with E-state index in [1.54, 1.807) is 13.1 Å². The summed E-state index contributed by atoms with van der Waals surface area (Å²) in [6.07, 6.45) is 4.40. The molecule has 1 aliphatic rings. The van der Waals surface area contributed by atoms with Crippen molar-refractivity contribution in [2.75, 3.05) is 0 Å². The van der Waals surface area contributed by atoms with Gasteiger partial charge in [0.2, 0.25) is 0 Å². The number of aryl methyl sites for hydroxylation is 1. The summed E-state index contributed by atoms with van der Waals surface area (Å²) < 4.78 is 2.32. The van der Waals surface area contributed by atoms with Crippen molar-refractivity contribution in [1.82, 2.24) is 19.4 Å². The van der Waals surface area contributed by atoms with Gasteiger partial charge in [-0.25, -0.2) is 9.78 Å². The molecular weight excluding hydrogens is 308 g/mol. The Hall–Kier alpha value is -2.44. The lowest BCUT2D eigenvalue weighted by Crippen LogP contribution is -2.41. The first-order valence-electron chi connectivity index (χ1n) is 8.27. The van der Waals surface area contributed by atoms with E-state index in [9.17, 15) is 14.4 Å². The van der Waals surface area contributed by atoms with Crippen LogP contribution in [0.2, 0.25) is 0 Å². The highest BCUT2D eigenvalue weighted by atomic mass is 16.2. The van der Waals surface area contributed by atoms with E-state index in [1.165, 1.54) is 24.1 Å². The van der Waals surface area contributed by atoms with Gasteiger partial charge in [-0.05, 0) is 30.9 Å². The highest BCUT2D eigenvalue weighted by molar-refractivity contribution is 5.94. The van der Waals surface area contributed by atoms with Crippen LogP contribution in [0.4, 0.5) is 0 Å². The molecule has 2 atom stereocenters. The van der Waals surface area contributed by atoms with Crippen LogP contribution in [-0.4, -0.2) is 26.1 Å². The highest BCUT2D eigenvalue weighted by Crippen LogP contribution is 2.24. The number of rotatable bonds is 2. The normalized spacial score (nSPS) is 21.0. The summed E-state index contributed by atoms with van der Waals surface area (Å²) in [5.41, 5.74) is -0.414. The summed E-state index contributed by atoms with van der Waals surface area (Å²) in [4.78, 5) is 41.0. The molecule has 0 spiro atoms.